The van der Waals surface area contributed by atoms with Gasteiger partial charge in [0, 0.05) is 18.4 Å². The number of pyridine rings is 1. The van der Waals surface area contributed by atoms with Crippen LogP contribution in [0.3, 0.4) is 0 Å². The van der Waals surface area contributed by atoms with E-state index in [0.29, 0.717) is 17.9 Å². The number of aromatic nitrogens is 2. The molecule has 0 atom stereocenters. The van der Waals surface area contributed by atoms with Gasteiger partial charge in [0.1, 0.15) is 5.65 Å². The molecule has 1 N–H and O–H groups in total. The largest absolute Gasteiger partial charge is 0.454 e. The number of aryl methyl sites for hydroxylation is 2. The number of fused-ring (bicyclic) bond motifs is 2. The van der Waals surface area contributed by atoms with Gasteiger partial charge in [-0.2, -0.15) is 0 Å². The molecule has 0 radical (unpaired) electrons. The van der Waals surface area contributed by atoms with Crippen molar-refractivity contribution < 1.29 is 14.3 Å². The van der Waals surface area contributed by atoms with Crippen molar-refractivity contribution in [3.63, 3.8) is 0 Å². The Morgan fingerprint density at radius 1 is 1.24 bits per heavy atom. The van der Waals surface area contributed by atoms with Gasteiger partial charge in [0.2, 0.25) is 6.79 Å². The molecule has 0 saturated heterocycles. The molecule has 3 heterocycles. The summed E-state index contributed by atoms with van der Waals surface area (Å²) in [6, 6.07) is 9.35. The molecule has 128 valence electrons. The molecule has 1 aliphatic heterocycles. The fraction of sp³-hybridized carbons (Fsp3) is 0.263. The highest BCUT2D eigenvalue weighted by atomic mass is 16.7. The maximum atomic E-state index is 12.5. The lowest BCUT2D eigenvalue weighted by atomic mass is 10.2. The molecule has 6 nitrogen and oxygen atoms in total. The molecule has 0 unspecified atom stereocenters. The Bertz CT molecular complexity index is 962. The van der Waals surface area contributed by atoms with Crippen LogP contribution in [0.1, 0.15) is 34.2 Å². The molecule has 0 bridgehead atoms. The Morgan fingerprint density at radius 2 is 2.08 bits per heavy atom. The molecule has 6 heteroatoms. The fourth-order valence-corrected chi connectivity index (χ4v) is 3.02. The average Bonchev–Trinajstić information content (AvgIpc) is 3.23. The first-order valence-electron chi connectivity index (χ1n) is 8.30. The third kappa shape index (κ3) is 2.80. The minimum atomic E-state index is -0.120. The van der Waals surface area contributed by atoms with Crippen LogP contribution in [0, 0.1) is 6.92 Å². The van der Waals surface area contributed by atoms with Crippen molar-refractivity contribution in [2.45, 2.75) is 26.8 Å². The molecule has 4 rings (SSSR count). The van der Waals surface area contributed by atoms with E-state index in [2.05, 4.69) is 17.2 Å². The molecule has 3 aromatic rings. The van der Waals surface area contributed by atoms with Crippen molar-refractivity contribution in [3.8, 4) is 11.5 Å². The number of nitrogens with one attached hydrogen (secondary N) is 1. The maximum Gasteiger partial charge on any atom is 0.253 e. The normalized spacial score (nSPS) is 12.6. The summed E-state index contributed by atoms with van der Waals surface area (Å²) >= 11 is 0. The molecule has 1 amide bonds. The summed E-state index contributed by atoms with van der Waals surface area (Å²) in [5.74, 6) is 1.34. The summed E-state index contributed by atoms with van der Waals surface area (Å²) < 4.78 is 12.6. The van der Waals surface area contributed by atoms with Gasteiger partial charge in [-0.1, -0.05) is 13.0 Å². The van der Waals surface area contributed by atoms with Crippen LogP contribution in [-0.2, 0) is 13.0 Å². The number of hydrogen-bond donors (Lipinski definition) is 1. The quantitative estimate of drug-likeness (QED) is 0.795. The van der Waals surface area contributed by atoms with Crippen molar-refractivity contribution in [2.75, 3.05) is 6.79 Å². The number of carbonyl (C=O) groups excluding carboxylic acids is 1. The monoisotopic (exact) mass is 337 g/mol. The van der Waals surface area contributed by atoms with E-state index in [1.54, 1.807) is 6.07 Å². The van der Waals surface area contributed by atoms with Gasteiger partial charge in [0.05, 0.1) is 11.3 Å². The van der Waals surface area contributed by atoms with E-state index < -0.39 is 0 Å². The predicted molar refractivity (Wildman–Crippen MR) is 93.0 cm³/mol. The molecule has 1 aliphatic rings. The van der Waals surface area contributed by atoms with Crippen LogP contribution in [0.5, 0.6) is 11.5 Å². The Kier molecular flexibility index (Phi) is 3.80. The second-order valence-electron chi connectivity index (χ2n) is 6.01. The van der Waals surface area contributed by atoms with Crippen molar-refractivity contribution in [1.82, 2.24) is 14.7 Å². The topological polar surface area (TPSA) is 64.9 Å². The van der Waals surface area contributed by atoms with Gasteiger partial charge >= 0.3 is 0 Å². The zero-order valence-electron chi connectivity index (χ0n) is 14.2. The first-order chi connectivity index (χ1) is 12.2. The van der Waals surface area contributed by atoms with E-state index >= 15 is 0 Å². The summed E-state index contributed by atoms with van der Waals surface area (Å²) in [4.78, 5) is 17.0. The number of rotatable bonds is 4. The molecule has 0 spiro atoms. The smallest absolute Gasteiger partial charge is 0.253 e. The third-order valence-corrected chi connectivity index (χ3v) is 4.44. The van der Waals surface area contributed by atoms with E-state index in [4.69, 9.17) is 9.47 Å². The van der Waals surface area contributed by atoms with E-state index in [-0.39, 0.29) is 12.7 Å². The van der Waals surface area contributed by atoms with Gasteiger partial charge in [-0.05, 0) is 43.2 Å². The Morgan fingerprint density at radius 3 is 2.92 bits per heavy atom. The van der Waals surface area contributed by atoms with Crippen LogP contribution >= 0.6 is 0 Å². The lowest BCUT2D eigenvalue weighted by molar-refractivity contribution is 0.0950. The van der Waals surface area contributed by atoms with Crippen LogP contribution < -0.4 is 14.8 Å². The summed E-state index contributed by atoms with van der Waals surface area (Å²) in [7, 11) is 0. The van der Waals surface area contributed by atoms with E-state index in [9.17, 15) is 4.79 Å². The molecule has 1 aromatic carbocycles. The number of carbonyl (C=O) groups is 1. The lowest BCUT2D eigenvalue weighted by Crippen LogP contribution is -2.23. The first kappa shape index (κ1) is 15.5. The zero-order chi connectivity index (χ0) is 17.4. The molecule has 0 aliphatic carbocycles. The average molecular weight is 337 g/mol. The third-order valence-electron chi connectivity index (χ3n) is 4.44. The van der Waals surface area contributed by atoms with Crippen molar-refractivity contribution in [2.24, 2.45) is 0 Å². The van der Waals surface area contributed by atoms with Crippen molar-refractivity contribution in [3.05, 3.63) is 59.0 Å². The molecular weight excluding hydrogens is 318 g/mol. The number of benzene rings is 1. The van der Waals surface area contributed by atoms with Crippen LogP contribution in [0.15, 0.2) is 36.5 Å². The van der Waals surface area contributed by atoms with Gasteiger partial charge in [0.15, 0.2) is 11.5 Å². The lowest BCUT2D eigenvalue weighted by Gasteiger charge is -2.07. The highest BCUT2D eigenvalue weighted by molar-refractivity contribution is 5.94. The molecular formula is C19H19N3O3. The van der Waals surface area contributed by atoms with Crippen LogP contribution in [0.25, 0.3) is 5.65 Å². The molecule has 2 aromatic heterocycles. The van der Waals surface area contributed by atoms with E-state index in [1.165, 1.54) is 0 Å². The maximum absolute atomic E-state index is 12.5. The fourth-order valence-electron chi connectivity index (χ4n) is 3.02. The summed E-state index contributed by atoms with van der Waals surface area (Å²) in [6.45, 7) is 4.77. The minimum Gasteiger partial charge on any atom is -0.454 e. The SMILES string of the molecule is CCc1nc2ccc(C(=O)NCc3ccc4c(c3)OCO4)cn2c1C. The Balaban J connectivity index is 1.51. The predicted octanol–water partition coefficient (Wildman–Crippen LogP) is 2.86. The number of nitrogens with zero attached hydrogens (tertiary/aromatic N) is 2. The second-order valence-corrected chi connectivity index (χ2v) is 6.01. The van der Waals surface area contributed by atoms with Gasteiger partial charge in [-0.3, -0.25) is 4.79 Å². The standard InChI is InChI=1S/C19H19N3O3/c1-3-15-12(2)22-10-14(5-7-18(22)21-15)19(23)20-9-13-4-6-16-17(8-13)25-11-24-16/h4-8,10H,3,9,11H2,1-2H3,(H,20,23). The highest BCUT2D eigenvalue weighted by Gasteiger charge is 2.14. The van der Waals surface area contributed by atoms with Gasteiger partial charge in [-0.25, -0.2) is 4.98 Å². The highest BCUT2D eigenvalue weighted by Crippen LogP contribution is 2.32. The Labute approximate surface area is 145 Å². The van der Waals surface area contributed by atoms with Crippen LogP contribution in [-0.4, -0.2) is 22.1 Å². The zero-order valence-corrected chi connectivity index (χ0v) is 14.2. The van der Waals surface area contributed by atoms with Gasteiger partial charge in [0.25, 0.3) is 5.91 Å². The Hall–Kier alpha value is -3.02. The molecule has 0 saturated carbocycles. The van der Waals surface area contributed by atoms with Gasteiger partial charge < -0.3 is 19.2 Å². The van der Waals surface area contributed by atoms with E-state index in [0.717, 1.165) is 34.8 Å². The number of amides is 1. The molecule has 25 heavy (non-hydrogen) atoms. The number of imidazole rings is 1. The minimum absolute atomic E-state index is 0.120. The van der Waals surface area contributed by atoms with E-state index in [1.807, 2.05) is 41.8 Å². The molecule has 0 fully saturated rings. The van der Waals surface area contributed by atoms with Crippen molar-refractivity contribution >= 4 is 11.6 Å². The van der Waals surface area contributed by atoms with Gasteiger partial charge in [-0.15, -0.1) is 0 Å². The summed E-state index contributed by atoms with van der Waals surface area (Å²) in [5.41, 5.74) is 4.56. The summed E-state index contributed by atoms with van der Waals surface area (Å²) in [5, 5.41) is 2.94. The number of ether oxygens (including phenoxy) is 2. The number of hydrogen-bond acceptors (Lipinski definition) is 4. The summed E-state index contributed by atoms with van der Waals surface area (Å²) in [6.07, 6.45) is 2.71. The second kappa shape index (κ2) is 6.12. The van der Waals surface area contributed by atoms with Crippen molar-refractivity contribution in [1.29, 1.82) is 0 Å². The van der Waals surface area contributed by atoms with Crippen LogP contribution in [0.4, 0.5) is 0 Å². The first-order valence-corrected chi connectivity index (χ1v) is 8.30. The van der Waals surface area contributed by atoms with Crippen LogP contribution in [0.2, 0.25) is 0 Å².